The van der Waals surface area contributed by atoms with Gasteiger partial charge in [-0.05, 0) is 12.8 Å². The van der Waals surface area contributed by atoms with Gasteiger partial charge in [-0.3, -0.25) is 0 Å². The highest BCUT2D eigenvalue weighted by Crippen LogP contribution is 2.23. The lowest BCUT2D eigenvalue weighted by Crippen LogP contribution is -2.31. The molecule has 6 heteroatoms. The molecule has 19 heavy (non-hydrogen) atoms. The van der Waals surface area contributed by atoms with Crippen LogP contribution in [0, 0.1) is 0 Å². The molecule has 0 aromatic carbocycles. The highest BCUT2D eigenvalue weighted by molar-refractivity contribution is 5.48. The summed E-state index contributed by atoms with van der Waals surface area (Å²) in [6, 6.07) is 2.13. The summed E-state index contributed by atoms with van der Waals surface area (Å²) < 4.78 is 5.46. The molecule has 0 radical (unpaired) electrons. The summed E-state index contributed by atoms with van der Waals surface area (Å²) in [6.07, 6.45) is 2.18. The minimum absolute atomic E-state index is 0.119. The number of nitrogens with zero attached hydrogens (tertiary/aromatic N) is 2. The van der Waals surface area contributed by atoms with E-state index in [9.17, 15) is 0 Å². The van der Waals surface area contributed by atoms with Crippen LogP contribution in [0.2, 0.25) is 0 Å². The summed E-state index contributed by atoms with van der Waals surface area (Å²) in [7, 11) is 0. The first kappa shape index (κ1) is 14.0. The Bertz CT molecular complexity index is 424. The molecule has 1 atom stereocenters. The molecule has 0 saturated carbocycles. The molecule has 2 heterocycles. The van der Waals surface area contributed by atoms with E-state index in [1.54, 1.807) is 0 Å². The van der Waals surface area contributed by atoms with Gasteiger partial charge in [-0.15, -0.1) is 0 Å². The Kier molecular flexibility index (Phi) is 4.21. The van der Waals surface area contributed by atoms with Crippen LogP contribution in [0.1, 0.15) is 39.4 Å². The van der Waals surface area contributed by atoms with E-state index in [0.717, 1.165) is 37.7 Å². The van der Waals surface area contributed by atoms with Crippen LogP contribution >= 0.6 is 0 Å². The molecule has 1 aliphatic heterocycles. The highest BCUT2D eigenvalue weighted by atomic mass is 16.5. The van der Waals surface area contributed by atoms with Crippen molar-refractivity contribution in [1.29, 1.82) is 0 Å². The molecule has 1 aromatic heterocycles. The average Bonchev–Trinajstić information content (AvgIpc) is 2.38. The number of anilines is 2. The number of aromatic nitrogens is 2. The number of nitrogen functional groups attached to an aromatic ring is 1. The number of hydrazine groups is 1. The number of hydrogen-bond acceptors (Lipinski definition) is 6. The average molecular weight is 265 g/mol. The van der Waals surface area contributed by atoms with Crippen molar-refractivity contribution in [3.8, 4) is 0 Å². The molecule has 0 amide bonds. The van der Waals surface area contributed by atoms with E-state index in [0.29, 0.717) is 11.9 Å². The molecule has 4 N–H and O–H groups in total. The summed E-state index contributed by atoms with van der Waals surface area (Å²) >= 11 is 0. The van der Waals surface area contributed by atoms with E-state index in [-0.39, 0.29) is 5.41 Å². The van der Waals surface area contributed by atoms with Gasteiger partial charge < -0.3 is 15.5 Å². The monoisotopic (exact) mass is 265 g/mol. The molecular weight excluding hydrogens is 242 g/mol. The Morgan fingerprint density at radius 3 is 2.63 bits per heavy atom. The van der Waals surface area contributed by atoms with Crippen LogP contribution in [-0.4, -0.2) is 29.2 Å². The SMILES string of the molecule is CC(C)(C)c1nc(NN)cc(NC2CCCOC2)n1. The molecule has 6 nitrogen and oxygen atoms in total. The molecule has 0 bridgehead atoms. The predicted molar refractivity (Wildman–Crippen MR) is 76.0 cm³/mol. The van der Waals surface area contributed by atoms with Gasteiger partial charge in [-0.25, -0.2) is 15.8 Å². The topological polar surface area (TPSA) is 85.1 Å². The van der Waals surface area contributed by atoms with Gasteiger partial charge in [0.05, 0.1) is 12.6 Å². The van der Waals surface area contributed by atoms with Crippen LogP contribution in [-0.2, 0) is 10.2 Å². The van der Waals surface area contributed by atoms with Crippen molar-refractivity contribution in [3.63, 3.8) is 0 Å². The molecular formula is C13H23N5O. The van der Waals surface area contributed by atoms with E-state index in [1.165, 1.54) is 0 Å². The van der Waals surface area contributed by atoms with Crippen LogP contribution in [0.25, 0.3) is 0 Å². The van der Waals surface area contributed by atoms with Crippen LogP contribution in [0.15, 0.2) is 6.07 Å². The Hall–Kier alpha value is -1.40. The van der Waals surface area contributed by atoms with Gasteiger partial charge in [-0.1, -0.05) is 20.8 Å². The number of ether oxygens (including phenoxy) is 1. The number of nitrogens with one attached hydrogen (secondary N) is 2. The number of nitrogens with two attached hydrogens (primary N) is 1. The smallest absolute Gasteiger partial charge is 0.145 e. The first-order valence-corrected chi connectivity index (χ1v) is 6.69. The molecule has 1 aromatic rings. The fourth-order valence-corrected chi connectivity index (χ4v) is 1.99. The lowest BCUT2D eigenvalue weighted by molar-refractivity contribution is 0.0875. The fraction of sp³-hybridized carbons (Fsp3) is 0.692. The normalized spacial score (nSPS) is 20.1. The largest absolute Gasteiger partial charge is 0.379 e. The summed E-state index contributed by atoms with van der Waals surface area (Å²) in [5, 5.41) is 3.40. The van der Waals surface area contributed by atoms with Gasteiger partial charge in [0.2, 0.25) is 0 Å². The zero-order valence-electron chi connectivity index (χ0n) is 11.9. The Morgan fingerprint density at radius 2 is 2.05 bits per heavy atom. The third-order valence-electron chi connectivity index (χ3n) is 3.06. The van der Waals surface area contributed by atoms with Gasteiger partial charge in [0.1, 0.15) is 17.5 Å². The van der Waals surface area contributed by atoms with Crippen molar-refractivity contribution >= 4 is 11.6 Å². The van der Waals surface area contributed by atoms with Gasteiger partial charge >= 0.3 is 0 Å². The van der Waals surface area contributed by atoms with E-state index in [2.05, 4.69) is 41.5 Å². The quantitative estimate of drug-likeness (QED) is 0.569. The standard InChI is InChI=1S/C13H23N5O/c1-13(2,3)12-16-10(7-11(17-12)18-14)15-9-5-4-6-19-8-9/h7,9H,4-6,8,14H2,1-3H3,(H2,15,16,17,18). The van der Waals surface area contributed by atoms with Crippen LogP contribution in [0.4, 0.5) is 11.6 Å². The maximum Gasteiger partial charge on any atom is 0.145 e. The molecule has 0 aliphatic carbocycles. The van der Waals surface area contributed by atoms with Crippen molar-refractivity contribution in [2.24, 2.45) is 5.84 Å². The molecule has 1 aliphatic rings. The second kappa shape index (κ2) is 5.71. The molecule has 1 saturated heterocycles. The van der Waals surface area contributed by atoms with E-state index in [1.807, 2.05) is 6.07 Å². The zero-order valence-corrected chi connectivity index (χ0v) is 11.9. The van der Waals surface area contributed by atoms with Crippen LogP contribution in [0.5, 0.6) is 0 Å². The Labute approximate surface area is 114 Å². The van der Waals surface area contributed by atoms with Gasteiger partial charge in [-0.2, -0.15) is 0 Å². The van der Waals surface area contributed by atoms with E-state index >= 15 is 0 Å². The summed E-state index contributed by atoms with van der Waals surface area (Å²) in [6.45, 7) is 7.81. The van der Waals surface area contributed by atoms with Gasteiger partial charge in [0, 0.05) is 18.1 Å². The zero-order chi connectivity index (χ0) is 13.9. The summed E-state index contributed by atoms with van der Waals surface area (Å²) in [5.41, 5.74) is 2.48. The second-order valence-corrected chi connectivity index (χ2v) is 5.91. The Morgan fingerprint density at radius 1 is 1.32 bits per heavy atom. The minimum atomic E-state index is -0.119. The summed E-state index contributed by atoms with van der Waals surface area (Å²) in [4.78, 5) is 8.97. The van der Waals surface area contributed by atoms with Crippen LogP contribution < -0.4 is 16.6 Å². The fourth-order valence-electron chi connectivity index (χ4n) is 1.99. The van der Waals surface area contributed by atoms with E-state index < -0.39 is 0 Å². The lowest BCUT2D eigenvalue weighted by atomic mass is 9.96. The first-order valence-electron chi connectivity index (χ1n) is 6.69. The second-order valence-electron chi connectivity index (χ2n) is 5.91. The van der Waals surface area contributed by atoms with Crippen molar-refractivity contribution < 1.29 is 4.74 Å². The molecule has 2 rings (SSSR count). The molecule has 1 fully saturated rings. The minimum Gasteiger partial charge on any atom is -0.379 e. The molecule has 106 valence electrons. The Balaban J connectivity index is 2.19. The molecule has 0 spiro atoms. The van der Waals surface area contributed by atoms with Gasteiger partial charge in [0.25, 0.3) is 0 Å². The molecule has 1 unspecified atom stereocenters. The number of rotatable bonds is 3. The lowest BCUT2D eigenvalue weighted by Gasteiger charge is -2.25. The maximum atomic E-state index is 5.47. The third kappa shape index (κ3) is 3.78. The van der Waals surface area contributed by atoms with Crippen molar-refractivity contribution in [3.05, 3.63) is 11.9 Å². The number of hydrogen-bond donors (Lipinski definition) is 3. The summed E-state index contributed by atoms with van der Waals surface area (Å²) in [5.74, 6) is 7.66. The maximum absolute atomic E-state index is 5.47. The van der Waals surface area contributed by atoms with Crippen molar-refractivity contribution in [2.75, 3.05) is 24.0 Å². The van der Waals surface area contributed by atoms with E-state index in [4.69, 9.17) is 10.6 Å². The van der Waals surface area contributed by atoms with Crippen LogP contribution in [0.3, 0.4) is 0 Å². The van der Waals surface area contributed by atoms with Crippen molar-refractivity contribution in [1.82, 2.24) is 9.97 Å². The first-order chi connectivity index (χ1) is 8.99. The third-order valence-corrected chi connectivity index (χ3v) is 3.06. The van der Waals surface area contributed by atoms with Crippen molar-refractivity contribution in [2.45, 2.75) is 45.1 Å². The predicted octanol–water partition coefficient (Wildman–Crippen LogP) is 1.65. The van der Waals surface area contributed by atoms with Gasteiger partial charge in [0.15, 0.2) is 0 Å². The highest BCUT2D eigenvalue weighted by Gasteiger charge is 2.20.